The first-order valence-electron chi connectivity index (χ1n) is 10.0. The molecule has 0 aliphatic carbocycles. The molecule has 3 atom stereocenters. The second kappa shape index (κ2) is 10.7. The second-order valence-electron chi connectivity index (χ2n) is 7.29. The summed E-state index contributed by atoms with van der Waals surface area (Å²) < 4.78 is 57.3. The molecule has 3 N–H and O–H groups in total. The van der Waals surface area contributed by atoms with E-state index >= 15 is 0 Å². The van der Waals surface area contributed by atoms with Crippen LogP contribution in [0.4, 0.5) is 17.6 Å². The van der Waals surface area contributed by atoms with Crippen molar-refractivity contribution in [2.45, 2.75) is 44.1 Å². The van der Waals surface area contributed by atoms with Gasteiger partial charge in [0.05, 0.1) is 17.8 Å². The number of aromatic nitrogens is 2. The number of halogens is 4. The van der Waals surface area contributed by atoms with Crippen LogP contribution in [0.1, 0.15) is 41.4 Å². The number of hydrogen-bond acceptors (Lipinski definition) is 7. The van der Waals surface area contributed by atoms with Crippen LogP contribution in [0.2, 0.25) is 0 Å². The van der Waals surface area contributed by atoms with Gasteiger partial charge < -0.3 is 20.2 Å². The summed E-state index contributed by atoms with van der Waals surface area (Å²) in [6.07, 6.45) is -5.36. The maximum atomic E-state index is 13.9. The predicted octanol–water partition coefficient (Wildman–Crippen LogP) is 3.62. The van der Waals surface area contributed by atoms with E-state index in [1.54, 1.807) is 6.07 Å². The zero-order chi connectivity index (χ0) is 24.9. The van der Waals surface area contributed by atoms with E-state index in [2.05, 4.69) is 20.6 Å². The van der Waals surface area contributed by atoms with E-state index in [0.717, 1.165) is 17.5 Å². The summed E-state index contributed by atoms with van der Waals surface area (Å²) >= 11 is 1.03. The minimum atomic E-state index is -4.49. The fourth-order valence-electron chi connectivity index (χ4n) is 2.96. The first-order valence-corrected chi connectivity index (χ1v) is 10.9. The number of nitrogens with zero attached hydrogens (tertiary/aromatic N) is 2. The van der Waals surface area contributed by atoms with Crippen LogP contribution in [-0.4, -0.2) is 45.1 Å². The van der Waals surface area contributed by atoms with Crippen molar-refractivity contribution in [1.82, 2.24) is 20.6 Å². The van der Waals surface area contributed by atoms with Gasteiger partial charge in [-0.3, -0.25) is 9.59 Å². The van der Waals surface area contributed by atoms with Crippen molar-refractivity contribution >= 4 is 23.2 Å². The predicted molar refractivity (Wildman–Crippen MR) is 113 cm³/mol. The van der Waals surface area contributed by atoms with Crippen LogP contribution in [0.25, 0.3) is 11.5 Å². The van der Waals surface area contributed by atoms with Crippen LogP contribution in [0.15, 0.2) is 46.5 Å². The van der Waals surface area contributed by atoms with Crippen molar-refractivity contribution in [3.63, 3.8) is 0 Å². The lowest BCUT2D eigenvalue weighted by Gasteiger charge is -2.25. The van der Waals surface area contributed by atoms with Gasteiger partial charge in [-0.05, 0) is 25.5 Å². The molecule has 0 radical (unpaired) electrons. The van der Waals surface area contributed by atoms with Crippen LogP contribution in [0.5, 0.6) is 0 Å². The molecule has 0 saturated carbocycles. The van der Waals surface area contributed by atoms with Gasteiger partial charge in [0.25, 0.3) is 5.91 Å². The van der Waals surface area contributed by atoms with Crippen molar-refractivity contribution in [3.8, 4) is 11.5 Å². The Balaban J connectivity index is 1.65. The summed E-state index contributed by atoms with van der Waals surface area (Å²) in [4.78, 5) is 32.7. The normalized spacial score (nSPS) is 14.3. The Morgan fingerprint density at radius 3 is 2.59 bits per heavy atom. The number of rotatable bonds is 9. The van der Waals surface area contributed by atoms with Crippen molar-refractivity contribution in [2.75, 3.05) is 0 Å². The third-order valence-corrected chi connectivity index (χ3v) is 5.57. The molecule has 0 spiro atoms. The third-order valence-electron chi connectivity index (χ3n) is 4.73. The number of alkyl halides is 3. The average Bonchev–Trinajstić information content (AvgIpc) is 3.48. The molecule has 13 heteroatoms. The number of amides is 2. The van der Waals surface area contributed by atoms with E-state index in [0.29, 0.717) is 0 Å². The maximum absolute atomic E-state index is 13.9. The molecule has 34 heavy (non-hydrogen) atoms. The zero-order valence-electron chi connectivity index (χ0n) is 17.7. The highest BCUT2D eigenvalue weighted by atomic mass is 32.1. The van der Waals surface area contributed by atoms with Crippen LogP contribution >= 0.6 is 11.3 Å². The molecule has 2 aromatic heterocycles. The van der Waals surface area contributed by atoms with Gasteiger partial charge in [-0.1, -0.05) is 12.1 Å². The summed E-state index contributed by atoms with van der Waals surface area (Å²) in [5.74, 6) is -2.71. The van der Waals surface area contributed by atoms with Gasteiger partial charge in [-0.25, -0.2) is 14.4 Å². The molecule has 2 amide bonds. The molecule has 0 aliphatic rings. The lowest BCUT2D eigenvalue weighted by Crippen LogP contribution is -2.49. The smallest absolute Gasteiger partial charge is 0.389 e. The SMILES string of the molecule is C[C@H](NC(=O)c1cnc(-c2ccccc2F)o1)C(=O)N[C@@H](CCC(F)(F)F)C(O)c1nccs1. The highest BCUT2D eigenvalue weighted by Crippen LogP contribution is 2.28. The monoisotopic (exact) mass is 500 g/mol. The molecule has 0 bridgehead atoms. The fraction of sp³-hybridized carbons (Fsp3) is 0.333. The molecule has 0 fully saturated rings. The topological polar surface area (TPSA) is 117 Å². The molecule has 1 aromatic carbocycles. The Bertz CT molecular complexity index is 1120. The third kappa shape index (κ3) is 6.60. The van der Waals surface area contributed by atoms with Gasteiger partial charge in [-0.15, -0.1) is 11.3 Å². The summed E-state index contributed by atoms with van der Waals surface area (Å²) in [6.45, 7) is 1.30. The number of carbonyl (C=O) groups is 2. The number of benzene rings is 1. The molecule has 8 nitrogen and oxygen atoms in total. The lowest BCUT2D eigenvalue weighted by atomic mass is 10.0. The van der Waals surface area contributed by atoms with Gasteiger partial charge in [-0.2, -0.15) is 13.2 Å². The van der Waals surface area contributed by atoms with Gasteiger partial charge in [0, 0.05) is 18.0 Å². The molecule has 0 aliphatic heterocycles. The van der Waals surface area contributed by atoms with Crippen molar-refractivity contribution in [3.05, 3.63) is 58.6 Å². The van der Waals surface area contributed by atoms with Crippen molar-refractivity contribution in [1.29, 1.82) is 0 Å². The number of carbonyl (C=O) groups excluding carboxylic acids is 2. The van der Waals surface area contributed by atoms with Crippen molar-refractivity contribution < 1.29 is 36.7 Å². The van der Waals surface area contributed by atoms with Crippen LogP contribution in [0, 0.1) is 5.82 Å². The quantitative estimate of drug-likeness (QED) is 0.387. The molecule has 3 aromatic rings. The van der Waals surface area contributed by atoms with Gasteiger partial charge in [0.2, 0.25) is 17.6 Å². The highest BCUT2D eigenvalue weighted by molar-refractivity contribution is 7.09. The molecule has 1 unspecified atom stereocenters. The first-order chi connectivity index (χ1) is 16.0. The van der Waals surface area contributed by atoms with Crippen LogP contribution < -0.4 is 10.6 Å². The minimum absolute atomic E-state index is 0.0380. The van der Waals surface area contributed by atoms with E-state index in [4.69, 9.17) is 4.42 Å². The number of nitrogens with one attached hydrogen (secondary N) is 2. The number of aliphatic hydroxyl groups is 1. The second-order valence-corrected chi connectivity index (χ2v) is 8.21. The largest absolute Gasteiger partial charge is 0.431 e. The molecule has 2 heterocycles. The molecular weight excluding hydrogens is 480 g/mol. The first kappa shape index (κ1) is 25.3. The van der Waals surface area contributed by atoms with Crippen LogP contribution in [0.3, 0.4) is 0 Å². The van der Waals surface area contributed by atoms with Gasteiger partial charge in [0.15, 0.2) is 0 Å². The maximum Gasteiger partial charge on any atom is 0.389 e. The summed E-state index contributed by atoms with van der Waals surface area (Å²) in [5, 5.41) is 16.8. The van der Waals surface area contributed by atoms with E-state index < -0.39 is 54.8 Å². The number of thiazole rings is 1. The van der Waals surface area contributed by atoms with E-state index in [1.807, 2.05) is 0 Å². The Labute approximate surface area is 195 Å². The standard InChI is InChI=1S/C21H20F4N4O4S/c1-11(28-18(32)15-10-27-19(33-15)12-4-2-3-5-13(12)22)17(31)29-14(6-7-21(23,24)25)16(30)20-26-8-9-34-20/h2-5,8-11,14,16,30H,6-7H2,1H3,(H,28,32)(H,29,31)/t11-,14-,16?/m0/s1. The zero-order valence-corrected chi connectivity index (χ0v) is 18.5. The summed E-state index contributed by atoms with van der Waals surface area (Å²) in [5.41, 5.74) is 0.0380. The number of aliphatic hydroxyl groups excluding tert-OH is 1. The minimum Gasteiger partial charge on any atom is -0.431 e. The molecule has 3 rings (SSSR count). The van der Waals surface area contributed by atoms with E-state index in [1.165, 1.54) is 36.7 Å². The van der Waals surface area contributed by atoms with E-state index in [-0.39, 0.29) is 22.2 Å². The fourth-order valence-corrected chi connectivity index (χ4v) is 3.65. The highest BCUT2D eigenvalue weighted by Gasteiger charge is 2.33. The van der Waals surface area contributed by atoms with Gasteiger partial charge in [0.1, 0.15) is 23.0 Å². The summed E-state index contributed by atoms with van der Waals surface area (Å²) in [6, 6.07) is 3.14. The van der Waals surface area contributed by atoms with Gasteiger partial charge >= 0.3 is 6.18 Å². The van der Waals surface area contributed by atoms with Crippen molar-refractivity contribution in [2.24, 2.45) is 0 Å². The van der Waals surface area contributed by atoms with E-state index in [9.17, 15) is 32.3 Å². The Hall–Kier alpha value is -3.32. The summed E-state index contributed by atoms with van der Waals surface area (Å²) in [7, 11) is 0. The molecular formula is C21H20F4N4O4S. The number of oxazole rings is 1. The average molecular weight is 500 g/mol. The molecule has 182 valence electrons. The lowest BCUT2D eigenvalue weighted by molar-refractivity contribution is -0.140. The Kier molecular flexibility index (Phi) is 7.99. The number of hydrogen-bond donors (Lipinski definition) is 3. The van der Waals surface area contributed by atoms with Crippen LogP contribution in [-0.2, 0) is 4.79 Å². The Morgan fingerprint density at radius 2 is 1.94 bits per heavy atom. The Morgan fingerprint density at radius 1 is 1.21 bits per heavy atom. The molecule has 0 saturated heterocycles.